The summed E-state index contributed by atoms with van der Waals surface area (Å²) in [6.07, 6.45) is 3.62. The molecule has 3 aromatic rings. The number of fused-ring (bicyclic) bond motifs is 1. The van der Waals surface area contributed by atoms with Gasteiger partial charge in [0.1, 0.15) is 0 Å². The van der Waals surface area contributed by atoms with Crippen molar-refractivity contribution < 1.29 is 9.53 Å². The number of esters is 1. The van der Waals surface area contributed by atoms with Crippen LogP contribution in [-0.2, 0) is 11.2 Å². The van der Waals surface area contributed by atoms with Crippen molar-refractivity contribution in [1.29, 1.82) is 0 Å². The van der Waals surface area contributed by atoms with E-state index in [1.54, 1.807) is 6.07 Å². The zero-order valence-electron chi connectivity index (χ0n) is 11.7. The number of H-pyrrole nitrogens is 1. The Kier molecular flexibility index (Phi) is 4.01. The molecule has 1 N–H and O–H groups in total. The molecule has 3 nitrogen and oxygen atoms in total. The average molecular weight is 279 g/mol. The first-order valence-corrected chi connectivity index (χ1v) is 7.11. The van der Waals surface area contributed by atoms with Crippen LogP contribution in [0.1, 0.15) is 22.3 Å². The first kappa shape index (κ1) is 13.4. The molecule has 0 aliphatic heterocycles. The number of aromatic amines is 1. The summed E-state index contributed by atoms with van der Waals surface area (Å²) in [6, 6.07) is 17.7. The smallest absolute Gasteiger partial charge is 0.338 e. The van der Waals surface area contributed by atoms with Gasteiger partial charge in [-0.1, -0.05) is 36.4 Å². The fourth-order valence-corrected chi connectivity index (χ4v) is 2.34. The molecule has 0 unspecified atom stereocenters. The maximum atomic E-state index is 12.0. The predicted molar refractivity (Wildman–Crippen MR) is 83.3 cm³/mol. The standard InChI is InChI=1S/C18H17NO2/c20-18(16-9-8-15-10-11-19-17(15)13-16)21-12-4-7-14-5-2-1-3-6-14/h1-3,5-6,8-11,13,19H,4,7,12H2. The Labute approximate surface area is 123 Å². The zero-order valence-corrected chi connectivity index (χ0v) is 11.7. The second-order valence-electron chi connectivity index (χ2n) is 5.00. The minimum Gasteiger partial charge on any atom is -0.462 e. The van der Waals surface area contributed by atoms with Gasteiger partial charge in [0.05, 0.1) is 12.2 Å². The molecule has 0 amide bonds. The van der Waals surface area contributed by atoms with E-state index in [1.165, 1.54) is 5.56 Å². The van der Waals surface area contributed by atoms with Crippen molar-refractivity contribution >= 4 is 16.9 Å². The summed E-state index contributed by atoms with van der Waals surface area (Å²) in [5, 5.41) is 1.09. The maximum Gasteiger partial charge on any atom is 0.338 e. The molecule has 1 heterocycles. The van der Waals surface area contributed by atoms with Crippen LogP contribution in [0.15, 0.2) is 60.8 Å². The molecule has 0 spiro atoms. The van der Waals surface area contributed by atoms with Crippen LogP contribution < -0.4 is 0 Å². The molecular weight excluding hydrogens is 262 g/mol. The summed E-state index contributed by atoms with van der Waals surface area (Å²) >= 11 is 0. The molecule has 0 aliphatic carbocycles. The van der Waals surface area contributed by atoms with Gasteiger partial charge in [0.25, 0.3) is 0 Å². The molecule has 0 fully saturated rings. The molecule has 3 rings (SSSR count). The van der Waals surface area contributed by atoms with E-state index in [2.05, 4.69) is 17.1 Å². The Balaban J connectivity index is 1.52. The number of ether oxygens (including phenoxy) is 1. The summed E-state index contributed by atoms with van der Waals surface area (Å²) < 4.78 is 5.32. The second-order valence-corrected chi connectivity index (χ2v) is 5.00. The lowest BCUT2D eigenvalue weighted by atomic mass is 10.1. The van der Waals surface area contributed by atoms with Crippen LogP contribution in [0, 0.1) is 0 Å². The fourth-order valence-electron chi connectivity index (χ4n) is 2.34. The molecule has 21 heavy (non-hydrogen) atoms. The molecule has 106 valence electrons. The Morgan fingerprint density at radius 3 is 2.76 bits per heavy atom. The Bertz CT molecular complexity index is 731. The number of carbonyl (C=O) groups is 1. The van der Waals surface area contributed by atoms with E-state index in [9.17, 15) is 4.79 Å². The van der Waals surface area contributed by atoms with Crippen LogP contribution in [0.4, 0.5) is 0 Å². The fraction of sp³-hybridized carbons (Fsp3) is 0.167. The van der Waals surface area contributed by atoms with Gasteiger partial charge >= 0.3 is 5.97 Å². The lowest BCUT2D eigenvalue weighted by Gasteiger charge is -2.05. The second kappa shape index (κ2) is 6.27. The lowest BCUT2D eigenvalue weighted by Crippen LogP contribution is -2.07. The van der Waals surface area contributed by atoms with E-state index >= 15 is 0 Å². The third kappa shape index (κ3) is 3.31. The van der Waals surface area contributed by atoms with Gasteiger partial charge in [0.2, 0.25) is 0 Å². The third-order valence-corrected chi connectivity index (χ3v) is 3.48. The lowest BCUT2D eigenvalue weighted by molar-refractivity contribution is 0.0501. The Morgan fingerprint density at radius 1 is 1.05 bits per heavy atom. The van der Waals surface area contributed by atoms with Crippen LogP contribution >= 0.6 is 0 Å². The number of rotatable bonds is 5. The van der Waals surface area contributed by atoms with Gasteiger partial charge in [-0.3, -0.25) is 0 Å². The van der Waals surface area contributed by atoms with Crippen molar-refractivity contribution in [2.24, 2.45) is 0 Å². The number of hydrogen-bond acceptors (Lipinski definition) is 2. The van der Waals surface area contributed by atoms with Crippen molar-refractivity contribution in [2.45, 2.75) is 12.8 Å². The SMILES string of the molecule is O=C(OCCCc1ccccc1)c1ccc2cc[nH]c2c1. The normalized spacial score (nSPS) is 10.7. The largest absolute Gasteiger partial charge is 0.462 e. The summed E-state index contributed by atoms with van der Waals surface area (Å²) in [7, 11) is 0. The molecule has 0 saturated heterocycles. The van der Waals surface area contributed by atoms with E-state index < -0.39 is 0 Å². The summed E-state index contributed by atoms with van der Waals surface area (Å²) in [5.74, 6) is -0.264. The van der Waals surface area contributed by atoms with Crippen LogP contribution in [-0.4, -0.2) is 17.6 Å². The van der Waals surface area contributed by atoms with Gasteiger partial charge in [-0.15, -0.1) is 0 Å². The van der Waals surface area contributed by atoms with Crippen molar-refractivity contribution in [3.63, 3.8) is 0 Å². The van der Waals surface area contributed by atoms with E-state index in [4.69, 9.17) is 4.74 Å². The first-order chi connectivity index (χ1) is 10.3. The number of aryl methyl sites for hydroxylation is 1. The minimum absolute atomic E-state index is 0.264. The molecule has 2 aromatic carbocycles. The highest BCUT2D eigenvalue weighted by Gasteiger charge is 2.08. The van der Waals surface area contributed by atoms with Gasteiger partial charge < -0.3 is 9.72 Å². The van der Waals surface area contributed by atoms with Crippen LogP contribution in [0.3, 0.4) is 0 Å². The highest BCUT2D eigenvalue weighted by molar-refractivity contribution is 5.94. The van der Waals surface area contributed by atoms with E-state index in [0.717, 1.165) is 23.7 Å². The average Bonchev–Trinajstić information content (AvgIpc) is 3.00. The zero-order chi connectivity index (χ0) is 14.5. The molecule has 0 radical (unpaired) electrons. The first-order valence-electron chi connectivity index (χ1n) is 7.11. The summed E-state index contributed by atoms with van der Waals surface area (Å²) in [4.78, 5) is 15.1. The van der Waals surface area contributed by atoms with E-state index in [0.29, 0.717) is 12.2 Å². The van der Waals surface area contributed by atoms with Crippen molar-refractivity contribution in [3.05, 3.63) is 71.9 Å². The molecule has 0 aliphatic rings. The van der Waals surface area contributed by atoms with Gasteiger partial charge in [-0.2, -0.15) is 0 Å². The molecular formula is C18H17NO2. The number of carbonyl (C=O) groups excluding carboxylic acids is 1. The molecule has 0 atom stereocenters. The molecule has 0 saturated carbocycles. The van der Waals surface area contributed by atoms with Crippen LogP contribution in [0.25, 0.3) is 10.9 Å². The van der Waals surface area contributed by atoms with Gasteiger partial charge in [-0.05, 0) is 42.0 Å². The Hall–Kier alpha value is -2.55. The van der Waals surface area contributed by atoms with Crippen molar-refractivity contribution in [2.75, 3.05) is 6.61 Å². The summed E-state index contributed by atoms with van der Waals surface area (Å²) in [5.41, 5.74) is 2.81. The molecule has 1 aromatic heterocycles. The van der Waals surface area contributed by atoms with Crippen molar-refractivity contribution in [1.82, 2.24) is 4.98 Å². The number of nitrogens with one attached hydrogen (secondary N) is 1. The summed E-state index contributed by atoms with van der Waals surface area (Å²) in [6.45, 7) is 0.441. The van der Waals surface area contributed by atoms with Crippen LogP contribution in [0.5, 0.6) is 0 Å². The minimum atomic E-state index is -0.264. The molecule has 3 heteroatoms. The van der Waals surface area contributed by atoms with Gasteiger partial charge in [-0.25, -0.2) is 4.79 Å². The van der Waals surface area contributed by atoms with E-state index in [1.807, 2.05) is 42.6 Å². The number of aromatic nitrogens is 1. The highest BCUT2D eigenvalue weighted by atomic mass is 16.5. The monoisotopic (exact) mass is 279 g/mol. The van der Waals surface area contributed by atoms with Crippen LogP contribution in [0.2, 0.25) is 0 Å². The predicted octanol–water partition coefficient (Wildman–Crippen LogP) is 3.96. The van der Waals surface area contributed by atoms with E-state index in [-0.39, 0.29) is 5.97 Å². The quantitative estimate of drug-likeness (QED) is 0.567. The highest BCUT2D eigenvalue weighted by Crippen LogP contribution is 2.15. The maximum absolute atomic E-state index is 12.0. The molecule has 0 bridgehead atoms. The number of hydrogen-bond donors (Lipinski definition) is 1. The van der Waals surface area contributed by atoms with Crippen molar-refractivity contribution in [3.8, 4) is 0 Å². The number of benzene rings is 2. The topological polar surface area (TPSA) is 42.1 Å². The third-order valence-electron chi connectivity index (χ3n) is 3.48. The van der Waals surface area contributed by atoms with Gasteiger partial charge in [0, 0.05) is 11.7 Å². The van der Waals surface area contributed by atoms with Gasteiger partial charge in [0.15, 0.2) is 0 Å². The Morgan fingerprint density at radius 2 is 1.90 bits per heavy atom.